The van der Waals surface area contributed by atoms with Gasteiger partial charge in [-0.25, -0.2) is 0 Å². The van der Waals surface area contributed by atoms with Crippen molar-refractivity contribution in [1.29, 1.82) is 10.5 Å². The molecule has 0 aliphatic carbocycles. The Labute approximate surface area is 171 Å². The molecule has 0 bridgehead atoms. The van der Waals surface area contributed by atoms with Crippen LogP contribution in [-0.4, -0.2) is 6.54 Å². The van der Waals surface area contributed by atoms with Gasteiger partial charge in [0.1, 0.15) is 17.7 Å². The van der Waals surface area contributed by atoms with E-state index in [4.69, 9.17) is 0 Å². The van der Waals surface area contributed by atoms with Gasteiger partial charge in [0, 0.05) is 29.1 Å². The van der Waals surface area contributed by atoms with Gasteiger partial charge in [-0.3, -0.25) is 0 Å². The fourth-order valence-electron chi connectivity index (χ4n) is 3.90. The molecule has 0 saturated heterocycles. The van der Waals surface area contributed by atoms with Gasteiger partial charge >= 0.3 is 0 Å². The van der Waals surface area contributed by atoms with E-state index in [1.165, 1.54) is 57.8 Å². The Balaban J connectivity index is 1.87. The molecule has 0 amide bonds. The Morgan fingerprint density at radius 2 is 1.43 bits per heavy atom. The second kappa shape index (κ2) is 12.0. The smallest absolute Gasteiger partial charge is 0.137 e. The number of allylic oxidation sites excluding steroid dienone is 4. The molecule has 0 saturated carbocycles. The van der Waals surface area contributed by atoms with Crippen LogP contribution < -0.4 is 4.90 Å². The minimum Gasteiger partial charge on any atom is -0.345 e. The van der Waals surface area contributed by atoms with Crippen molar-refractivity contribution in [3.8, 4) is 12.1 Å². The van der Waals surface area contributed by atoms with Crippen molar-refractivity contribution in [1.82, 2.24) is 0 Å². The molecule has 0 spiro atoms. The van der Waals surface area contributed by atoms with Crippen LogP contribution in [0.15, 0.2) is 41.6 Å². The summed E-state index contributed by atoms with van der Waals surface area (Å²) < 4.78 is 0. The molecular weight excluding hydrogens is 342 g/mol. The molecule has 1 heterocycles. The average Bonchev–Trinajstić information content (AvgIpc) is 2.72. The van der Waals surface area contributed by atoms with Crippen LogP contribution in [0.4, 0.5) is 5.69 Å². The van der Waals surface area contributed by atoms with Crippen LogP contribution in [0.2, 0.25) is 0 Å². The number of rotatable bonds is 11. The lowest BCUT2D eigenvalue weighted by atomic mass is 9.94. The van der Waals surface area contributed by atoms with Crippen LogP contribution in [0.5, 0.6) is 0 Å². The highest BCUT2D eigenvalue weighted by molar-refractivity contribution is 5.91. The van der Waals surface area contributed by atoms with E-state index >= 15 is 0 Å². The van der Waals surface area contributed by atoms with Crippen LogP contribution in [0, 0.1) is 22.7 Å². The number of anilines is 1. The third-order valence-electron chi connectivity index (χ3n) is 5.49. The van der Waals surface area contributed by atoms with E-state index < -0.39 is 0 Å². The molecule has 3 nitrogen and oxygen atoms in total. The summed E-state index contributed by atoms with van der Waals surface area (Å²) in [7, 11) is 0. The first-order chi connectivity index (χ1) is 13.7. The van der Waals surface area contributed by atoms with E-state index in [2.05, 4.69) is 24.8 Å². The second-order valence-electron chi connectivity index (χ2n) is 7.65. The first-order valence-electron chi connectivity index (χ1n) is 10.8. The van der Waals surface area contributed by atoms with Crippen molar-refractivity contribution in [2.75, 3.05) is 11.4 Å². The monoisotopic (exact) mass is 375 g/mol. The number of hydrogen-bond acceptors (Lipinski definition) is 3. The zero-order chi connectivity index (χ0) is 20.2. The lowest BCUT2D eigenvalue weighted by molar-refractivity contribution is 0.556. The minimum atomic E-state index is 0.186. The van der Waals surface area contributed by atoms with Crippen molar-refractivity contribution in [3.63, 3.8) is 0 Å². The molecule has 0 fully saturated rings. The van der Waals surface area contributed by atoms with Crippen molar-refractivity contribution in [2.24, 2.45) is 0 Å². The standard InChI is InChI=1S/C25H33N3/c1-3-4-5-6-7-8-9-10-11-14-17-28-21(2)18-24(22(19-26)20-27)23-15-12-13-16-25(23)28/h12-13,15-16,18H,3-11,14,17H2,1-2H3. The summed E-state index contributed by atoms with van der Waals surface area (Å²) in [5.41, 5.74) is 4.13. The van der Waals surface area contributed by atoms with Crippen molar-refractivity contribution in [2.45, 2.75) is 78.1 Å². The minimum absolute atomic E-state index is 0.186. The van der Waals surface area contributed by atoms with Gasteiger partial charge in [0.2, 0.25) is 0 Å². The van der Waals surface area contributed by atoms with Crippen molar-refractivity contribution >= 4 is 11.3 Å². The third-order valence-corrected chi connectivity index (χ3v) is 5.49. The number of fused-ring (bicyclic) bond motifs is 1. The van der Waals surface area contributed by atoms with Gasteiger partial charge in [0.15, 0.2) is 0 Å². The maximum atomic E-state index is 9.29. The van der Waals surface area contributed by atoms with E-state index in [1.54, 1.807) is 0 Å². The summed E-state index contributed by atoms with van der Waals surface area (Å²) in [6, 6.07) is 12.2. The van der Waals surface area contributed by atoms with Gasteiger partial charge in [-0.05, 0) is 25.5 Å². The maximum Gasteiger partial charge on any atom is 0.137 e. The summed E-state index contributed by atoms with van der Waals surface area (Å²) in [5.74, 6) is 0. The summed E-state index contributed by atoms with van der Waals surface area (Å²) in [6.07, 6.45) is 15.3. The molecule has 0 N–H and O–H groups in total. The van der Waals surface area contributed by atoms with Crippen LogP contribution in [0.25, 0.3) is 5.57 Å². The Bertz CT molecular complexity index is 758. The van der Waals surface area contributed by atoms with Crippen molar-refractivity contribution in [3.05, 3.63) is 47.2 Å². The molecule has 28 heavy (non-hydrogen) atoms. The van der Waals surface area contributed by atoms with Gasteiger partial charge in [0.25, 0.3) is 0 Å². The fraction of sp³-hybridized carbons (Fsp3) is 0.520. The van der Waals surface area contributed by atoms with Gasteiger partial charge < -0.3 is 4.90 Å². The number of nitrogens with zero attached hydrogens (tertiary/aromatic N) is 3. The van der Waals surface area contributed by atoms with Gasteiger partial charge in [-0.2, -0.15) is 10.5 Å². The summed E-state index contributed by atoms with van der Waals surface area (Å²) in [4.78, 5) is 2.33. The highest BCUT2D eigenvalue weighted by Gasteiger charge is 2.22. The first kappa shape index (κ1) is 21.8. The Morgan fingerprint density at radius 3 is 2.04 bits per heavy atom. The number of para-hydroxylation sites is 1. The zero-order valence-corrected chi connectivity index (χ0v) is 17.5. The maximum absolute atomic E-state index is 9.29. The predicted octanol–water partition coefficient (Wildman–Crippen LogP) is 7.13. The average molecular weight is 376 g/mol. The normalized spacial score (nSPS) is 12.8. The molecule has 3 heteroatoms. The number of hydrogen-bond donors (Lipinski definition) is 0. The van der Waals surface area contributed by atoms with Crippen LogP contribution in [0.3, 0.4) is 0 Å². The summed E-state index contributed by atoms with van der Waals surface area (Å²) in [5, 5.41) is 18.6. The number of nitriles is 2. The van der Waals surface area contributed by atoms with E-state index in [0.717, 1.165) is 35.5 Å². The topological polar surface area (TPSA) is 50.8 Å². The van der Waals surface area contributed by atoms with Crippen LogP contribution in [0.1, 0.15) is 83.6 Å². The van der Waals surface area contributed by atoms with E-state index in [0.29, 0.717) is 0 Å². The largest absolute Gasteiger partial charge is 0.345 e. The van der Waals surface area contributed by atoms with E-state index in [1.807, 2.05) is 36.4 Å². The molecule has 148 valence electrons. The molecular formula is C25H33N3. The highest BCUT2D eigenvalue weighted by Crippen LogP contribution is 2.37. The molecule has 1 aromatic rings. The Morgan fingerprint density at radius 1 is 0.857 bits per heavy atom. The number of unbranched alkanes of at least 4 members (excludes halogenated alkanes) is 9. The molecule has 1 aliphatic rings. The van der Waals surface area contributed by atoms with Crippen molar-refractivity contribution < 1.29 is 0 Å². The van der Waals surface area contributed by atoms with E-state index in [9.17, 15) is 10.5 Å². The highest BCUT2D eigenvalue weighted by atomic mass is 15.1. The summed E-state index contributed by atoms with van der Waals surface area (Å²) in [6.45, 7) is 5.32. The van der Waals surface area contributed by atoms with Gasteiger partial charge in [-0.15, -0.1) is 0 Å². The van der Waals surface area contributed by atoms with Gasteiger partial charge in [0.05, 0.1) is 0 Å². The third kappa shape index (κ3) is 6.00. The van der Waals surface area contributed by atoms with Gasteiger partial charge in [-0.1, -0.05) is 82.9 Å². The second-order valence-corrected chi connectivity index (χ2v) is 7.65. The SMILES string of the molecule is CCCCCCCCCCCCN1C(C)=CC(=C(C#N)C#N)c2ccccc21. The lowest BCUT2D eigenvalue weighted by Gasteiger charge is -2.32. The summed E-state index contributed by atoms with van der Waals surface area (Å²) >= 11 is 0. The zero-order valence-electron chi connectivity index (χ0n) is 17.5. The number of benzene rings is 1. The van der Waals surface area contributed by atoms with Crippen LogP contribution in [-0.2, 0) is 0 Å². The Kier molecular flexibility index (Phi) is 9.36. The molecule has 2 rings (SSSR count). The molecule has 0 atom stereocenters. The van der Waals surface area contributed by atoms with Crippen LogP contribution >= 0.6 is 0 Å². The lowest BCUT2D eigenvalue weighted by Crippen LogP contribution is -2.26. The molecule has 0 unspecified atom stereocenters. The molecule has 0 aromatic heterocycles. The first-order valence-corrected chi connectivity index (χ1v) is 10.8. The molecule has 1 aromatic carbocycles. The van der Waals surface area contributed by atoms with E-state index in [-0.39, 0.29) is 5.57 Å². The quantitative estimate of drug-likeness (QED) is 0.305. The molecule has 1 aliphatic heterocycles. The molecule has 0 radical (unpaired) electrons. The Hall–Kier alpha value is -2.52. The fourth-order valence-corrected chi connectivity index (χ4v) is 3.90. The predicted molar refractivity (Wildman–Crippen MR) is 118 cm³/mol.